The number of nitrogens with one attached hydrogen (secondary N) is 2. The molecule has 0 aromatic heterocycles. The molecular weight excluding hydrogens is 340 g/mol. The van der Waals surface area contributed by atoms with Crippen LogP contribution in [0.15, 0.2) is 53.4 Å². The molecule has 3 rings (SSSR count). The van der Waals surface area contributed by atoms with Gasteiger partial charge in [0.05, 0.1) is 4.91 Å². The average Bonchev–Trinajstić information content (AvgIpc) is 2.91. The Labute approximate surface area is 150 Å². The van der Waals surface area contributed by atoms with Crippen molar-refractivity contribution in [2.75, 3.05) is 12.4 Å². The summed E-state index contributed by atoms with van der Waals surface area (Å²) in [5, 5.41) is 5.69. The molecule has 2 N–H and O–H groups in total. The van der Waals surface area contributed by atoms with E-state index in [-0.39, 0.29) is 5.91 Å². The Morgan fingerprint density at radius 2 is 2.04 bits per heavy atom. The topological polar surface area (TPSA) is 50.4 Å². The lowest BCUT2D eigenvalue weighted by atomic mass is 10.2. The highest BCUT2D eigenvalue weighted by molar-refractivity contribution is 8.26. The van der Waals surface area contributed by atoms with E-state index >= 15 is 0 Å². The number of amides is 1. The summed E-state index contributed by atoms with van der Waals surface area (Å²) in [6, 6.07) is 15.7. The Bertz CT molecular complexity index is 801. The number of anilines is 1. The standard InChI is InChI=1S/C18H16N2O2S2/c1-19-14-7-5-12(6-8-14)11-22-15-4-2-3-13(9-15)10-16-17(21)20-18(23)24-16/h2-10,19H,11H2,1H3,(H,20,21,23)/b16-10+. The van der Waals surface area contributed by atoms with Gasteiger partial charge in [0.1, 0.15) is 16.7 Å². The van der Waals surface area contributed by atoms with Gasteiger partial charge >= 0.3 is 0 Å². The molecule has 0 bridgehead atoms. The van der Waals surface area contributed by atoms with Crippen molar-refractivity contribution in [3.05, 3.63) is 64.6 Å². The first-order chi connectivity index (χ1) is 11.6. The van der Waals surface area contributed by atoms with E-state index in [1.165, 1.54) is 11.8 Å². The van der Waals surface area contributed by atoms with Gasteiger partial charge in [-0.3, -0.25) is 4.79 Å². The summed E-state index contributed by atoms with van der Waals surface area (Å²) in [7, 11) is 1.89. The zero-order chi connectivity index (χ0) is 16.9. The highest BCUT2D eigenvalue weighted by Gasteiger charge is 2.21. The van der Waals surface area contributed by atoms with Crippen LogP contribution in [0.5, 0.6) is 5.75 Å². The summed E-state index contributed by atoms with van der Waals surface area (Å²) < 4.78 is 6.33. The number of rotatable bonds is 5. The van der Waals surface area contributed by atoms with Crippen LogP contribution < -0.4 is 15.4 Å². The minimum Gasteiger partial charge on any atom is -0.489 e. The number of benzene rings is 2. The molecule has 122 valence electrons. The molecule has 0 aliphatic carbocycles. The monoisotopic (exact) mass is 356 g/mol. The van der Waals surface area contributed by atoms with E-state index in [4.69, 9.17) is 17.0 Å². The van der Waals surface area contributed by atoms with Crippen molar-refractivity contribution in [2.24, 2.45) is 0 Å². The van der Waals surface area contributed by atoms with Gasteiger partial charge in [-0.2, -0.15) is 0 Å². The number of carbonyl (C=O) groups is 1. The fourth-order valence-corrected chi connectivity index (χ4v) is 3.25. The van der Waals surface area contributed by atoms with Crippen molar-refractivity contribution in [3.8, 4) is 5.75 Å². The molecule has 2 aromatic carbocycles. The quantitative estimate of drug-likeness (QED) is 0.630. The summed E-state index contributed by atoms with van der Waals surface area (Å²) in [5.41, 5.74) is 3.06. The molecule has 0 unspecified atom stereocenters. The van der Waals surface area contributed by atoms with Crippen molar-refractivity contribution in [1.82, 2.24) is 5.32 Å². The van der Waals surface area contributed by atoms with Gasteiger partial charge < -0.3 is 15.4 Å². The summed E-state index contributed by atoms with van der Waals surface area (Å²) in [5.74, 6) is 0.606. The molecule has 1 aliphatic heterocycles. The van der Waals surface area contributed by atoms with Crippen LogP contribution >= 0.6 is 24.0 Å². The third kappa shape index (κ3) is 4.15. The second kappa shape index (κ2) is 7.51. The Morgan fingerprint density at radius 1 is 1.25 bits per heavy atom. The Balaban J connectivity index is 1.68. The van der Waals surface area contributed by atoms with Crippen LogP contribution in [-0.4, -0.2) is 17.3 Å². The van der Waals surface area contributed by atoms with Gasteiger partial charge in [0, 0.05) is 12.7 Å². The zero-order valence-electron chi connectivity index (χ0n) is 13.0. The molecule has 0 spiro atoms. The van der Waals surface area contributed by atoms with E-state index in [1.807, 2.05) is 61.7 Å². The van der Waals surface area contributed by atoms with E-state index < -0.39 is 0 Å². The molecule has 6 heteroatoms. The Hall–Kier alpha value is -2.31. The highest BCUT2D eigenvalue weighted by atomic mass is 32.2. The number of hydrogen-bond donors (Lipinski definition) is 2. The van der Waals surface area contributed by atoms with Crippen molar-refractivity contribution in [3.63, 3.8) is 0 Å². The molecule has 4 nitrogen and oxygen atoms in total. The van der Waals surface area contributed by atoms with Gasteiger partial charge in [0.2, 0.25) is 0 Å². The Morgan fingerprint density at radius 3 is 2.71 bits per heavy atom. The van der Waals surface area contributed by atoms with Crippen LogP contribution in [0, 0.1) is 0 Å². The summed E-state index contributed by atoms with van der Waals surface area (Å²) >= 11 is 6.26. The molecule has 1 saturated heterocycles. The lowest BCUT2D eigenvalue weighted by Gasteiger charge is -2.08. The maximum atomic E-state index is 11.7. The third-order valence-electron chi connectivity index (χ3n) is 3.45. The number of carbonyl (C=O) groups excluding carboxylic acids is 1. The largest absolute Gasteiger partial charge is 0.489 e. The zero-order valence-corrected chi connectivity index (χ0v) is 14.7. The van der Waals surface area contributed by atoms with Crippen molar-refractivity contribution in [1.29, 1.82) is 0 Å². The van der Waals surface area contributed by atoms with Crippen LogP contribution in [0.1, 0.15) is 11.1 Å². The van der Waals surface area contributed by atoms with E-state index in [0.29, 0.717) is 15.8 Å². The van der Waals surface area contributed by atoms with E-state index in [9.17, 15) is 4.79 Å². The highest BCUT2D eigenvalue weighted by Crippen LogP contribution is 2.27. The van der Waals surface area contributed by atoms with Crippen LogP contribution in [0.2, 0.25) is 0 Å². The van der Waals surface area contributed by atoms with Gasteiger partial charge in [-0.25, -0.2) is 0 Å². The molecule has 0 saturated carbocycles. The van der Waals surface area contributed by atoms with E-state index in [0.717, 1.165) is 22.6 Å². The van der Waals surface area contributed by atoms with Gasteiger partial charge in [0.25, 0.3) is 5.91 Å². The average molecular weight is 356 g/mol. The normalized spacial score (nSPS) is 15.5. The minimum atomic E-state index is -0.152. The molecule has 1 heterocycles. The first kappa shape index (κ1) is 16.5. The number of hydrogen-bond acceptors (Lipinski definition) is 5. The summed E-state index contributed by atoms with van der Waals surface area (Å²) in [6.07, 6.45) is 1.81. The van der Waals surface area contributed by atoms with Gasteiger partial charge in [-0.1, -0.05) is 48.2 Å². The number of thioether (sulfide) groups is 1. The summed E-state index contributed by atoms with van der Waals surface area (Å²) in [6.45, 7) is 0.489. The second-order valence-electron chi connectivity index (χ2n) is 5.16. The maximum absolute atomic E-state index is 11.7. The molecule has 2 aromatic rings. The number of ether oxygens (including phenoxy) is 1. The van der Waals surface area contributed by atoms with Crippen LogP contribution in [0.4, 0.5) is 5.69 Å². The molecule has 0 atom stereocenters. The van der Waals surface area contributed by atoms with Gasteiger partial charge in [-0.15, -0.1) is 0 Å². The molecule has 1 aliphatic rings. The Kier molecular flexibility index (Phi) is 5.17. The van der Waals surface area contributed by atoms with E-state index in [2.05, 4.69) is 10.6 Å². The molecule has 1 amide bonds. The van der Waals surface area contributed by atoms with Crippen molar-refractivity contribution >= 4 is 46.0 Å². The fraction of sp³-hybridized carbons (Fsp3) is 0.111. The second-order valence-corrected chi connectivity index (χ2v) is 6.88. The smallest absolute Gasteiger partial charge is 0.263 e. The van der Waals surface area contributed by atoms with Crippen LogP contribution in [0.3, 0.4) is 0 Å². The van der Waals surface area contributed by atoms with Crippen molar-refractivity contribution in [2.45, 2.75) is 6.61 Å². The lowest BCUT2D eigenvalue weighted by molar-refractivity contribution is -0.115. The van der Waals surface area contributed by atoms with Crippen LogP contribution in [-0.2, 0) is 11.4 Å². The van der Waals surface area contributed by atoms with Gasteiger partial charge in [-0.05, 0) is 41.5 Å². The maximum Gasteiger partial charge on any atom is 0.263 e. The fourth-order valence-electron chi connectivity index (χ4n) is 2.20. The minimum absolute atomic E-state index is 0.152. The SMILES string of the molecule is CNc1ccc(COc2cccc(/C=C3/SC(=S)NC3=O)c2)cc1. The summed E-state index contributed by atoms with van der Waals surface area (Å²) in [4.78, 5) is 12.3. The van der Waals surface area contributed by atoms with Crippen molar-refractivity contribution < 1.29 is 9.53 Å². The molecule has 24 heavy (non-hydrogen) atoms. The van der Waals surface area contributed by atoms with Gasteiger partial charge in [0.15, 0.2) is 0 Å². The number of thiocarbonyl (C=S) groups is 1. The first-order valence-electron chi connectivity index (χ1n) is 7.38. The predicted molar refractivity (Wildman–Crippen MR) is 103 cm³/mol. The van der Waals surface area contributed by atoms with E-state index in [1.54, 1.807) is 0 Å². The molecular formula is C18H16N2O2S2. The lowest BCUT2D eigenvalue weighted by Crippen LogP contribution is -2.17. The molecule has 0 radical (unpaired) electrons. The molecule has 1 fully saturated rings. The van der Waals surface area contributed by atoms with Crippen LogP contribution in [0.25, 0.3) is 6.08 Å². The predicted octanol–water partition coefficient (Wildman–Crippen LogP) is 3.80. The third-order valence-corrected chi connectivity index (χ3v) is 4.61. The first-order valence-corrected chi connectivity index (χ1v) is 8.61.